The number of carbonyl (C=O) groups is 1. The summed E-state index contributed by atoms with van der Waals surface area (Å²) >= 11 is 0. The van der Waals surface area contributed by atoms with Gasteiger partial charge in [0.05, 0.1) is 6.26 Å². The van der Waals surface area contributed by atoms with Crippen molar-refractivity contribution in [3.8, 4) is 0 Å². The molecule has 0 aliphatic heterocycles. The van der Waals surface area contributed by atoms with Crippen LogP contribution in [-0.4, -0.2) is 11.4 Å². The number of fused-ring (bicyclic) bond motifs is 1. The van der Waals surface area contributed by atoms with E-state index in [1.54, 1.807) is 0 Å². The Morgan fingerprint density at radius 2 is 2.08 bits per heavy atom. The summed E-state index contributed by atoms with van der Waals surface area (Å²) in [6, 6.07) is 0. The SMILES string of the molecule is CC1=C(C=O)C2CC(C2)/C1=C\O. The van der Waals surface area contributed by atoms with Crippen LogP contribution in [0.1, 0.15) is 19.8 Å². The number of hydrogen-bond acceptors (Lipinski definition) is 2. The molecule has 1 N–H and O–H groups in total. The van der Waals surface area contributed by atoms with Gasteiger partial charge >= 0.3 is 0 Å². The fourth-order valence-electron chi connectivity index (χ4n) is 2.29. The first-order chi connectivity index (χ1) is 5.77. The third-order valence-electron chi connectivity index (χ3n) is 3.15. The Hall–Kier alpha value is -1.05. The smallest absolute Gasteiger partial charge is 0.146 e. The van der Waals surface area contributed by atoms with E-state index in [4.69, 9.17) is 5.11 Å². The molecule has 2 heteroatoms. The number of rotatable bonds is 1. The van der Waals surface area contributed by atoms with Gasteiger partial charge in [-0.25, -0.2) is 0 Å². The van der Waals surface area contributed by atoms with Crippen molar-refractivity contribution in [3.63, 3.8) is 0 Å². The third-order valence-corrected chi connectivity index (χ3v) is 3.15. The summed E-state index contributed by atoms with van der Waals surface area (Å²) < 4.78 is 0. The molecule has 0 aromatic rings. The molecule has 12 heavy (non-hydrogen) atoms. The summed E-state index contributed by atoms with van der Waals surface area (Å²) in [7, 11) is 0. The van der Waals surface area contributed by atoms with E-state index in [-0.39, 0.29) is 0 Å². The predicted octanol–water partition coefficient (Wildman–Crippen LogP) is 1.98. The number of aliphatic hydroxyl groups excluding tert-OH is 1. The molecule has 1 saturated carbocycles. The molecular weight excluding hydrogens is 152 g/mol. The molecule has 0 spiro atoms. The molecule has 64 valence electrons. The van der Waals surface area contributed by atoms with E-state index in [1.807, 2.05) is 6.92 Å². The van der Waals surface area contributed by atoms with Crippen molar-refractivity contribution in [1.82, 2.24) is 0 Å². The Kier molecular flexibility index (Phi) is 1.56. The molecule has 2 nitrogen and oxygen atoms in total. The zero-order chi connectivity index (χ0) is 8.72. The molecule has 3 rings (SSSR count). The number of aliphatic hydroxyl groups is 1. The maximum atomic E-state index is 10.7. The summed E-state index contributed by atoms with van der Waals surface area (Å²) in [5, 5.41) is 8.96. The molecule has 3 aliphatic rings. The van der Waals surface area contributed by atoms with Gasteiger partial charge in [0.15, 0.2) is 0 Å². The van der Waals surface area contributed by atoms with Crippen molar-refractivity contribution in [2.45, 2.75) is 19.8 Å². The highest BCUT2D eigenvalue weighted by atomic mass is 16.2. The van der Waals surface area contributed by atoms with E-state index in [0.29, 0.717) is 11.8 Å². The van der Waals surface area contributed by atoms with E-state index in [1.165, 1.54) is 6.26 Å². The van der Waals surface area contributed by atoms with Crippen LogP contribution in [0, 0.1) is 11.8 Å². The molecule has 0 radical (unpaired) electrons. The normalized spacial score (nSPS) is 36.6. The van der Waals surface area contributed by atoms with Crippen molar-refractivity contribution >= 4 is 6.29 Å². The van der Waals surface area contributed by atoms with Crippen LogP contribution in [0.2, 0.25) is 0 Å². The van der Waals surface area contributed by atoms with E-state index in [2.05, 4.69) is 0 Å². The average Bonchev–Trinajstić information content (AvgIpc) is 2.01. The molecule has 0 unspecified atom stereocenters. The molecule has 3 aliphatic carbocycles. The van der Waals surface area contributed by atoms with Gasteiger partial charge in [-0.05, 0) is 48.3 Å². The molecular formula is C10H12O2. The van der Waals surface area contributed by atoms with Gasteiger partial charge in [0.25, 0.3) is 0 Å². The summed E-state index contributed by atoms with van der Waals surface area (Å²) in [4.78, 5) is 10.7. The lowest BCUT2D eigenvalue weighted by Gasteiger charge is -2.43. The van der Waals surface area contributed by atoms with Crippen LogP contribution in [0.4, 0.5) is 0 Å². The quantitative estimate of drug-likeness (QED) is 0.475. The Balaban J connectivity index is 2.46. The van der Waals surface area contributed by atoms with Crippen LogP contribution in [0.3, 0.4) is 0 Å². The molecule has 0 saturated heterocycles. The van der Waals surface area contributed by atoms with Gasteiger partial charge in [-0.3, -0.25) is 4.79 Å². The first-order valence-electron chi connectivity index (χ1n) is 4.28. The van der Waals surface area contributed by atoms with Gasteiger partial charge in [-0.1, -0.05) is 0 Å². The highest BCUT2D eigenvalue weighted by Crippen LogP contribution is 2.50. The number of aldehydes is 1. The van der Waals surface area contributed by atoms with Gasteiger partial charge in [0.1, 0.15) is 6.29 Å². The lowest BCUT2D eigenvalue weighted by atomic mass is 9.61. The van der Waals surface area contributed by atoms with Gasteiger partial charge in [0.2, 0.25) is 0 Å². The second kappa shape index (κ2) is 2.47. The summed E-state index contributed by atoms with van der Waals surface area (Å²) in [6.07, 6.45) is 4.22. The van der Waals surface area contributed by atoms with Gasteiger partial charge in [-0.2, -0.15) is 0 Å². The van der Waals surface area contributed by atoms with Crippen LogP contribution in [0.15, 0.2) is 23.0 Å². The largest absolute Gasteiger partial charge is 0.515 e. The molecule has 0 amide bonds. The first kappa shape index (κ1) is 7.59. The third kappa shape index (κ3) is 0.779. The van der Waals surface area contributed by atoms with Crippen LogP contribution in [0.25, 0.3) is 0 Å². The average molecular weight is 164 g/mol. The van der Waals surface area contributed by atoms with Crippen molar-refractivity contribution in [1.29, 1.82) is 0 Å². The fourth-order valence-corrected chi connectivity index (χ4v) is 2.29. The van der Waals surface area contributed by atoms with E-state index in [9.17, 15) is 4.79 Å². The zero-order valence-corrected chi connectivity index (χ0v) is 7.08. The topological polar surface area (TPSA) is 37.3 Å². The summed E-state index contributed by atoms with van der Waals surface area (Å²) in [6.45, 7) is 1.92. The van der Waals surface area contributed by atoms with Crippen LogP contribution >= 0.6 is 0 Å². The highest BCUT2D eigenvalue weighted by Gasteiger charge is 2.40. The van der Waals surface area contributed by atoms with Crippen molar-refractivity contribution < 1.29 is 9.90 Å². The lowest BCUT2D eigenvalue weighted by Crippen LogP contribution is -2.33. The lowest BCUT2D eigenvalue weighted by molar-refractivity contribution is -0.105. The molecule has 0 heterocycles. The molecule has 1 fully saturated rings. The van der Waals surface area contributed by atoms with Gasteiger partial charge < -0.3 is 5.11 Å². The monoisotopic (exact) mass is 164 g/mol. The number of carbonyl (C=O) groups excluding carboxylic acids is 1. The maximum Gasteiger partial charge on any atom is 0.146 e. The maximum absolute atomic E-state index is 10.7. The van der Waals surface area contributed by atoms with Crippen molar-refractivity contribution in [2.24, 2.45) is 11.8 Å². The Morgan fingerprint density at radius 3 is 2.58 bits per heavy atom. The molecule has 2 bridgehead atoms. The van der Waals surface area contributed by atoms with Gasteiger partial charge in [0, 0.05) is 0 Å². The predicted molar refractivity (Wildman–Crippen MR) is 45.7 cm³/mol. The minimum Gasteiger partial charge on any atom is -0.515 e. The molecule has 0 atom stereocenters. The zero-order valence-electron chi connectivity index (χ0n) is 7.08. The second-order valence-electron chi connectivity index (χ2n) is 3.65. The highest BCUT2D eigenvalue weighted by molar-refractivity contribution is 5.78. The molecule has 0 aromatic heterocycles. The van der Waals surface area contributed by atoms with Gasteiger partial charge in [-0.15, -0.1) is 0 Å². The number of hydrogen-bond donors (Lipinski definition) is 1. The summed E-state index contributed by atoms with van der Waals surface area (Å²) in [5.74, 6) is 1.000. The summed E-state index contributed by atoms with van der Waals surface area (Å²) in [5.41, 5.74) is 2.87. The first-order valence-corrected chi connectivity index (χ1v) is 4.28. The van der Waals surface area contributed by atoms with Crippen LogP contribution in [-0.2, 0) is 4.79 Å². The van der Waals surface area contributed by atoms with E-state index < -0.39 is 0 Å². The van der Waals surface area contributed by atoms with Crippen LogP contribution < -0.4 is 0 Å². The van der Waals surface area contributed by atoms with E-state index >= 15 is 0 Å². The Labute approximate surface area is 71.6 Å². The minimum atomic E-state index is 0.483. The van der Waals surface area contributed by atoms with Crippen molar-refractivity contribution in [3.05, 3.63) is 23.0 Å². The second-order valence-corrected chi connectivity index (χ2v) is 3.65. The number of allylic oxidation sites excluding steroid dienone is 3. The molecule has 0 aromatic carbocycles. The van der Waals surface area contributed by atoms with Crippen molar-refractivity contribution in [2.75, 3.05) is 0 Å². The standard InChI is InChI=1S/C10H12O2/c1-6-9(4-11)7-2-8(3-7)10(6)5-12/h4-5,7-8,11H,2-3H2,1H3/b9-4-. The van der Waals surface area contributed by atoms with E-state index in [0.717, 1.165) is 35.8 Å². The Morgan fingerprint density at radius 1 is 1.42 bits per heavy atom. The van der Waals surface area contributed by atoms with Crippen LogP contribution in [0.5, 0.6) is 0 Å². The minimum absolute atomic E-state index is 0.483. The Bertz CT molecular complexity index is 280. The fraction of sp³-hybridized carbons (Fsp3) is 0.500.